The number of hydrogen-bond acceptors (Lipinski definition) is 6. The fourth-order valence-corrected chi connectivity index (χ4v) is 3.57. The van der Waals surface area contributed by atoms with E-state index in [-0.39, 0.29) is 23.5 Å². The Morgan fingerprint density at radius 2 is 1.97 bits per heavy atom. The van der Waals surface area contributed by atoms with Gasteiger partial charge in [-0.3, -0.25) is 9.36 Å². The van der Waals surface area contributed by atoms with Crippen LogP contribution < -0.4 is 10.5 Å². The number of aromatic nitrogens is 4. The number of β-amino-alcohol motifs (C(OH)–C–C–N with tert-alkyl or cyclic N) is 1. The van der Waals surface area contributed by atoms with E-state index in [1.165, 1.54) is 24.5 Å². The predicted molar refractivity (Wildman–Crippen MR) is 107 cm³/mol. The van der Waals surface area contributed by atoms with Crippen LogP contribution in [0.1, 0.15) is 31.9 Å². The Morgan fingerprint density at radius 1 is 1.21 bits per heavy atom. The molecule has 0 amide bonds. The first-order valence-electron chi connectivity index (χ1n) is 9.44. The highest BCUT2D eigenvalue weighted by Gasteiger charge is 2.36. The van der Waals surface area contributed by atoms with Crippen LogP contribution in [0.5, 0.6) is 0 Å². The van der Waals surface area contributed by atoms with Gasteiger partial charge in [-0.15, -0.1) is 0 Å². The lowest BCUT2D eigenvalue weighted by molar-refractivity contribution is 0.168. The second kappa shape index (κ2) is 7.36. The van der Waals surface area contributed by atoms with Crippen molar-refractivity contribution in [2.45, 2.75) is 38.5 Å². The minimum Gasteiger partial charge on any atom is -0.387 e. The Bertz CT molecular complexity index is 1070. The van der Waals surface area contributed by atoms with Gasteiger partial charge in [0.15, 0.2) is 0 Å². The molecule has 0 fully saturated rings. The lowest BCUT2D eigenvalue weighted by atomic mass is 9.95. The number of anilines is 1. The highest BCUT2D eigenvalue weighted by molar-refractivity contribution is 5.56. The van der Waals surface area contributed by atoms with Gasteiger partial charge in [-0.2, -0.15) is 0 Å². The number of hydrogen-bond donors (Lipinski definition) is 1. The zero-order valence-electron chi connectivity index (χ0n) is 16.3. The van der Waals surface area contributed by atoms with Crippen LogP contribution in [0.25, 0.3) is 11.4 Å². The molecule has 0 spiro atoms. The number of fused-ring (bicyclic) bond motifs is 1. The van der Waals surface area contributed by atoms with Crippen molar-refractivity contribution in [1.29, 1.82) is 0 Å². The Labute approximate surface area is 167 Å². The number of halogens is 1. The summed E-state index contributed by atoms with van der Waals surface area (Å²) in [5.41, 5.74) is 1.13. The molecule has 1 aliphatic heterocycles. The first kappa shape index (κ1) is 19.2. The molecule has 1 atom stereocenters. The van der Waals surface area contributed by atoms with Gasteiger partial charge in [0.25, 0.3) is 5.56 Å². The maximum Gasteiger partial charge on any atom is 0.255 e. The third-order valence-electron chi connectivity index (χ3n) is 5.36. The minimum absolute atomic E-state index is 0.166. The summed E-state index contributed by atoms with van der Waals surface area (Å²) < 4.78 is 14.8. The zero-order chi connectivity index (χ0) is 20.6. The lowest BCUT2D eigenvalue weighted by Crippen LogP contribution is -2.53. The monoisotopic (exact) mass is 395 g/mol. The Hall–Kier alpha value is -3.13. The van der Waals surface area contributed by atoms with Gasteiger partial charge in [-0.25, -0.2) is 19.3 Å². The normalized spacial score (nSPS) is 16.3. The van der Waals surface area contributed by atoms with E-state index in [1.807, 2.05) is 4.90 Å². The van der Waals surface area contributed by atoms with Gasteiger partial charge < -0.3 is 10.0 Å². The molecule has 0 saturated carbocycles. The maximum absolute atomic E-state index is 13.2. The van der Waals surface area contributed by atoms with Gasteiger partial charge in [0.2, 0.25) is 5.95 Å². The molecule has 1 N–H and O–H groups in total. The van der Waals surface area contributed by atoms with E-state index < -0.39 is 6.10 Å². The van der Waals surface area contributed by atoms with E-state index in [2.05, 4.69) is 23.8 Å². The summed E-state index contributed by atoms with van der Waals surface area (Å²) in [6.07, 6.45) is 2.88. The summed E-state index contributed by atoms with van der Waals surface area (Å²) in [6.45, 7) is 4.87. The van der Waals surface area contributed by atoms with Crippen LogP contribution in [0.4, 0.5) is 10.3 Å². The molecule has 0 saturated heterocycles. The molecule has 4 rings (SSSR count). The molecule has 29 heavy (non-hydrogen) atoms. The first-order valence-corrected chi connectivity index (χ1v) is 9.44. The number of nitrogens with zero attached hydrogens (tertiary/aromatic N) is 5. The fraction of sp³-hybridized carbons (Fsp3) is 0.333. The number of aliphatic hydroxyl groups excluding tert-OH is 1. The van der Waals surface area contributed by atoms with Crippen LogP contribution in [0, 0.1) is 5.82 Å². The second-order valence-corrected chi connectivity index (χ2v) is 7.77. The topological polar surface area (TPSA) is 84.1 Å². The van der Waals surface area contributed by atoms with Crippen molar-refractivity contribution in [2.24, 2.45) is 0 Å². The first-order chi connectivity index (χ1) is 13.8. The standard InChI is InChI=1S/C21H22FN5O2/c1-21(2)8-10-26-19(29)11-17(16-7-9-23-13-24-16)25-20(26)27(21)12-18(28)14-3-5-15(22)6-4-14/h3-7,9,11,13,18,28H,8,10,12H2,1-2H3. The van der Waals surface area contributed by atoms with E-state index in [4.69, 9.17) is 4.98 Å². The van der Waals surface area contributed by atoms with Crippen molar-refractivity contribution in [1.82, 2.24) is 19.5 Å². The minimum atomic E-state index is -0.860. The Balaban J connectivity index is 1.75. The summed E-state index contributed by atoms with van der Waals surface area (Å²) in [5, 5.41) is 10.8. The van der Waals surface area contributed by atoms with E-state index in [9.17, 15) is 14.3 Å². The zero-order valence-corrected chi connectivity index (χ0v) is 16.3. The van der Waals surface area contributed by atoms with Gasteiger partial charge in [0.05, 0.1) is 24.0 Å². The highest BCUT2D eigenvalue weighted by atomic mass is 19.1. The SMILES string of the molecule is CC1(C)CCn2c(nc(-c3ccncn3)cc2=O)N1CC(O)c1ccc(F)cc1. The van der Waals surface area contributed by atoms with Crippen molar-refractivity contribution in [3.8, 4) is 11.4 Å². The summed E-state index contributed by atoms with van der Waals surface area (Å²) in [6, 6.07) is 8.94. The van der Waals surface area contributed by atoms with Crippen LogP contribution in [0.2, 0.25) is 0 Å². The Morgan fingerprint density at radius 3 is 2.66 bits per heavy atom. The lowest BCUT2D eigenvalue weighted by Gasteiger charge is -2.45. The molecule has 1 aromatic carbocycles. The fourth-order valence-electron chi connectivity index (χ4n) is 3.57. The molecule has 2 aromatic heterocycles. The average molecular weight is 395 g/mol. The van der Waals surface area contributed by atoms with Gasteiger partial charge in [-0.1, -0.05) is 12.1 Å². The van der Waals surface area contributed by atoms with E-state index in [0.29, 0.717) is 29.4 Å². The van der Waals surface area contributed by atoms with E-state index in [0.717, 1.165) is 6.42 Å². The quantitative estimate of drug-likeness (QED) is 0.731. The summed E-state index contributed by atoms with van der Waals surface area (Å²) in [5.74, 6) is 0.135. The van der Waals surface area contributed by atoms with Crippen LogP contribution >= 0.6 is 0 Å². The molecule has 3 heterocycles. The van der Waals surface area contributed by atoms with Crippen molar-refractivity contribution < 1.29 is 9.50 Å². The van der Waals surface area contributed by atoms with Crippen LogP contribution in [0.3, 0.4) is 0 Å². The molecule has 8 heteroatoms. The second-order valence-electron chi connectivity index (χ2n) is 7.77. The largest absolute Gasteiger partial charge is 0.387 e. The molecule has 7 nitrogen and oxygen atoms in total. The summed E-state index contributed by atoms with van der Waals surface area (Å²) >= 11 is 0. The van der Waals surface area contributed by atoms with E-state index in [1.54, 1.807) is 29.0 Å². The molecule has 150 valence electrons. The van der Waals surface area contributed by atoms with Crippen LogP contribution in [0.15, 0.2) is 53.7 Å². The summed E-state index contributed by atoms with van der Waals surface area (Å²) in [4.78, 5) is 27.5. The van der Waals surface area contributed by atoms with Crippen LogP contribution in [-0.2, 0) is 6.54 Å². The predicted octanol–water partition coefficient (Wildman–Crippen LogP) is 2.56. The van der Waals surface area contributed by atoms with Crippen molar-refractivity contribution in [3.05, 3.63) is 70.7 Å². The molecule has 0 aliphatic carbocycles. The number of rotatable bonds is 4. The van der Waals surface area contributed by atoms with Gasteiger partial charge in [0.1, 0.15) is 12.1 Å². The van der Waals surface area contributed by atoms with Crippen molar-refractivity contribution in [3.63, 3.8) is 0 Å². The van der Waals surface area contributed by atoms with Gasteiger partial charge in [-0.05, 0) is 44.0 Å². The molecular weight excluding hydrogens is 373 g/mol. The van der Waals surface area contributed by atoms with Gasteiger partial charge >= 0.3 is 0 Å². The van der Waals surface area contributed by atoms with Crippen LogP contribution in [-0.4, -0.2) is 36.7 Å². The molecule has 0 bridgehead atoms. The molecule has 1 unspecified atom stereocenters. The Kier molecular flexibility index (Phi) is 4.87. The maximum atomic E-state index is 13.2. The smallest absolute Gasteiger partial charge is 0.255 e. The molecule has 1 aliphatic rings. The molecule has 0 radical (unpaired) electrons. The molecule has 3 aromatic rings. The number of aliphatic hydroxyl groups is 1. The van der Waals surface area contributed by atoms with Gasteiger partial charge in [0, 0.05) is 24.3 Å². The van der Waals surface area contributed by atoms with Crippen molar-refractivity contribution in [2.75, 3.05) is 11.4 Å². The third-order valence-corrected chi connectivity index (χ3v) is 5.36. The third kappa shape index (κ3) is 3.75. The van der Waals surface area contributed by atoms with E-state index >= 15 is 0 Å². The highest BCUT2D eigenvalue weighted by Crippen LogP contribution is 2.33. The molecular formula is C21H22FN5O2. The summed E-state index contributed by atoms with van der Waals surface area (Å²) in [7, 11) is 0. The average Bonchev–Trinajstić information content (AvgIpc) is 2.71. The number of benzene rings is 1. The van der Waals surface area contributed by atoms with Crippen molar-refractivity contribution >= 4 is 5.95 Å².